The molecule has 1 atom stereocenters. The number of benzene rings is 2. The molecular formula is C19H16ClN3O2S. The summed E-state index contributed by atoms with van der Waals surface area (Å²) in [6, 6.07) is 12.8. The molecule has 3 aromatic rings. The van der Waals surface area contributed by atoms with E-state index in [2.05, 4.69) is 11.1 Å². The van der Waals surface area contributed by atoms with E-state index in [1.165, 1.54) is 23.4 Å². The molecule has 0 aliphatic carbocycles. The SMILES string of the molecule is COc1cc(Cl)c(C)cc1-n1c(SC(C)C#N)nc2ccccc2c1=O. The molecule has 0 aliphatic rings. The van der Waals surface area contributed by atoms with Gasteiger partial charge in [0.2, 0.25) is 0 Å². The summed E-state index contributed by atoms with van der Waals surface area (Å²) < 4.78 is 6.93. The maximum Gasteiger partial charge on any atom is 0.266 e. The number of fused-ring (bicyclic) bond motifs is 1. The molecule has 0 aliphatic heterocycles. The normalized spacial score (nSPS) is 12.0. The maximum atomic E-state index is 13.2. The number of rotatable bonds is 4. The lowest BCUT2D eigenvalue weighted by atomic mass is 10.2. The molecule has 1 aromatic heterocycles. The van der Waals surface area contributed by atoms with Crippen molar-refractivity contribution in [1.29, 1.82) is 5.26 Å². The van der Waals surface area contributed by atoms with Crippen molar-refractivity contribution in [3.8, 4) is 17.5 Å². The van der Waals surface area contributed by atoms with Crippen LogP contribution in [0.2, 0.25) is 5.02 Å². The molecule has 3 rings (SSSR count). The molecule has 26 heavy (non-hydrogen) atoms. The highest BCUT2D eigenvalue weighted by Gasteiger charge is 2.19. The van der Waals surface area contributed by atoms with Gasteiger partial charge in [-0.1, -0.05) is 35.5 Å². The second kappa shape index (κ2) is 7.40. The highest BCUT2D eigenvalue weighted by molar-refractivity contribution is 8.00. The Morgan fingerprint density at radius 2 is 2.08 bits per heavy atom. The first-order valence-corrected chi connectivity index (χ1v) is 9.14. The zero-order chi connectivity index (χ0) is 18.8. The molecule has 1 unspecified atom stereocenters. The van der Waals surface area contributed by atoms with E-state index in [4.69, 9.17) is 16.3 Å². The standard InChI is InChI=1S/C19H16ClN3O2S/c1-11-8-16(17(25-3)9-14(11)20)23-18(24)13-6-4-5-7-15(13)22-19(23)26-12(2)10-21/h4-9,12H,1-3H3. The van der Waals surface area contributed by atoms with Crippen LogP contribution in [0.4, 0.5) is 0 Å². The Balaban J connectivity index is 2.39. The van der Waals surface area contributed by atoms with E-state index in [0.717, 1.165) is 5.56 Å². The average molecular weight is 386 g/mol. The molecule has 7 heteroatoms. The lowest BCUT2D eigenvalue weighted by molar-refractivity contribution is 0.411. The van der Waals surface area contributed by atoms with E-state index < -0.39 is 0 Å². The van der Waals surface area contributed by atoms with Crippen LogP contribution in [0, 0.1) is 18.3 Å². The Bertz CT molecular complexity index is 1090. The first-order valence-electron chi connectivity index (χ1n) is 7.89. The number of aromatic nitrogens is 2. The fourth-order valence-electron chi connectivity index (χ4n) is 2.57. The van der Waals surface area contributed by atoms with E-state index in [1.54, 1.807) is 37.3 Å². The highest BCUT2D eigenvalue weighted by Crippen LogP contribution is 2.32. The first-order chi connectivity index (χ1) is 12.5. The Hall–Kier alpha value is -2.49. The molecule has 0 saturated heterocycles. The summed E-state index contributed by atoms with van der Waals surface area (Å²) in [4.78, 5) is 17.8. The van der Waals surface area contributed by atoms with Gasteiger partial charge >= 0.3 is 0 Å². The Kier molecular flexibility index (Phi) is 5.21. The van der Waals surface area contributed by atoms with Gasteiger partial charge in [-0.25, -0.2) is 4.98 Å². The minimum absolute atomic E-state index is 0.219. The summed E-state index contributed by atoms with van der Waals surface area (Å²) in [6.45, 7) is 3.62. The van der Waals surface area contributed by atoms with Gasteiger partial charge in [0.25, 0.3) is 5.56 Å². The van der Waals surface area contributed by atoms with E-state index in [9.17, 15) is 10.1 Å². The quantitative estimate of drug-likeness (QED) is 0.493. The second-order valence-electron chi connectivity index (χ2n) is 5.71. The number of hydrogen-bond donors (Lipinski definition) is 0. The molecule has 2 aromatic carbocycles. The van der Waals surface area contributed by atoms with Crippen molar-refractivity contribution < 1.29 is 4.74 Å². The van der Waals surface area contributed by atoms with Crippen LogP contribution in [0.5, 0.6) is 5.75 Å². The van der Waals surface area contributed by atoms with Crippen molar-refractivity contribution in [1.82, 2.24) is 9.55 Å². The van der Waals surface area contributed by atoms with E-state index >= 15 is 0 Å². The summed E-state index contributed by atoms with van der Waals surface area (Å²) in [5, 5.41) is 10.3. The number of halogens is 1. The van der Waals surface area contributed by atoms with Gasteiger partial charge in [-0.15, -0.1) is 0 Å². The van der Waals surface area contributed by atoms with Crippen LogP contribution < -0.4 is 10.3 Å². The molecule has 1 heterocycles. The van der Waals surface area contributed by atoms with Crippen molar-refractivity contribution in [3.63, 3.8) is 0 Å². The summed E-state index contributed by atoms with van der Waals surface area (Å²) in [6.07, 6.45) is 0. The highest BCUT2D eigenvalue weighted by atomic mass is 35.5. The van der Waals surface area contributed by atoms with Gasteiger partial charge in [0, 0.05) is 11.1 Å². The number of ether oxygens (including phenoxy) is 1. The number of nitriles is 1. The molecule has 0 radical (unpaired) electrons. The van der Waals surface area contributed by atoms with Gasteiger partial charge in [-0.2, -0.15) is 5.26 Å². The third kappa shape index (κ3) is 3.28. The van der Waals surface area contributed by atoms with Crippen molar-refractivity contribution >= 4 is 34.3 Å². The number of nitrogens with zero attached hydrogens (tertiary/aromatic N) is 3. The van der Waals surface area contributed by atoms with Gasteiger partial charge in [-0.05, 0) is 37.6 Å². The van der Waals surface area contributed by atoms with Crippen molar-refractivity contribution in [3.05, 3.63) is 57.3 Å². The predicted molar refractivity (Wildman–Crippen MR) is 105 cm³/mol. The van der Waals surface area contributed by atoms with Gasteiger partial charge in [0.15, 0.2) is 5.16 Å². The largest absolute Gasteiger partial charge is 0.495 e. The molecule has 0 spiro atoms. The molecule has 5 nitrogen and oxygen atoms in total. The third-order valence-electron chi connectivity index (χ3n) is 3.91. The molecule has 132 valence electrons. The van der Waals surface area contributed by atoms with Crippen LogP contribution in [0.3, 0.4) is 0 Å². The van der Waals surface area contributed by atoms with Gasteiger partial charge in [0.05, 0.1) is 35.0 Å². The zero-order valence-electron chi connectivity index (χ0n) is 14.5. The Morgan fingerprint density at radius 3 is 2.77 bits per heavy atom. The molecular weight excluding hydrogens is 370 g/mol. The lowest BCUT2D eigenvalue weighted by Gasteiger charge is -2.17. The maximum absolute atomic E-state index is 13.2. The van der Waals surface area contributed by atoms with Crippen molar-refractivity contribution in [2.45, 2.75) is 24.3 Å². The lowest BCUT2D eigenvalue weighted by Crippen LogP contribution is -2.23. The summed E-state index contributed by atoms with van der Waals surface area (Å²) in [5.74, 6) is 0.464. The summed E-state index contributed by atoms with van der Waals surface area (Å²) in [5.41, 5.74) is 1.73. The third-order valence-corrected chi connectivity index (χ3v) is 5.26. The minimum Gasteiger partial charge on any atom is -0.495 e. The van der Waals surface area contributed by atoms with E-state index in [1.807, 2.05) is 13.0 Å². The number of thioether (sulfide) groups is 1. The monoisotopic (exact) mass is 385 g/mol. The van der Waals surface area contributed by atoms with Crippen LogP contribution in [0.15, 0.2) is 46.3 Å². The van der Waals surface area contributed by atoms with Crippen LogP contribution in [-0.4, -0.2) is 21.9 Å². The van der Waals surface area contributed by atoms with Crippen molar-refractivity contribution in [2.24, 2.45) is 0 Å². The summed E-state index contributed by atoms with van der Waals surface area (Å²) in [7, 11) is 1.52. The van der Waals surface area contributed by atoms with Crippen molar-refractivity contribution in [2.75, 3.05) is 7.11 Å². The number of aryl methyl sites for hydroxylation is 1. The van der Waals surface area contributed by atoms with E-state index in [0.29, 0.717) is 32.5 Å². The van der Waals surface area contributed by atoms with Crippen LogP contribution >= 0.6 is 23.4 Å². The van der Waals surface area contributed by atoms with Crippen LogP contribution in [-0.2, 0) is 0 Å². The Labute approximate surface area is 160 Å². The van der Waals surface area contributed by atoms with Crippen LogP contribution in [0.1, 0.15) is 12.5 Å². The fraction of sp³-hybridized carbons (Fsp3) is 0.211. The fourth-order valence-corrected chi connectivity index (χ4v) is 3.53. The number of hydrogen-bond acceptors (Lipinski definition) is 5. The Morgan fingerprint density at radius 1 is 1.35 bits per heavy atom. The number of methoxy groups -OCH3 is 1. The summed E-state index contributed by atoms with van der Waals surface area (Å²) >= 11 is 7.43. The molecule has 0 amide bonds. The van der Waals surface area contributed by atoms with Crippen LogP contribution in [0.25, 0.3) is 16.6 Å². The molecule has 0 fully saturated rings. The molecule has 0 N–H and O–H groups in total. The predicted octanol–water partition coefficient (Wildman–Crippen LogP) is 4.36. The zero-order valence-corrected chi connectivity index (χ0v) is 16.1. The first kappa shape index (κ1) is 18.3. The number of para-hydroxylation sites is 1. The molecule has 0 bridgehead atoms. The van der Waals surface area contributed by atoms with E-state index in [-0.39, 0.29) is 10.8 Å². The topological polar surface area (TPSA) is 67.9 Å². The smallest absolute Gasteiger partial charge is 0.266 e. The van der Waals surface area contributed by atoms with Gasteiger partial charge in [0.1, 0.15) is 5.75 Å². The van der Waals surface area contributed by atoms with Gasteiger partial charge in [-0.3, -0.25) is 9.36 Å². The minimum atomic E-state index is -0.367. The molecule has 0 saturated carbocycles. The van der Waals surface area contributed by atoms with Gasteiger partial charge < -0.3 is 4.74 Å². The average Bonchev–Trinajstić information content (AvgIpc) is 2.64. The second-order valence-corrected chi connectivity index (χ2v) is 7.43.